The molecule has 1 aromatic carbocycles. The van der Waals surface area contributed by atoms with Gasteiger partial charge in [0.2, 0.25) is 10.0 Å². The summed E-state index contributed by atoms with van der Waals surface area (Å²) in [5.74, 6) is 0.770. The van der Waals surface area contributed by atoms with Crippen molar-refractivity contribution in [3.63, 3.8) is 0 Å². The van der Waals surface area contributed by atoms with Gasteiger partial charge in [-0.15, -0.1) is 0 Å². The fraction of sp³-hybridized carbons (Fsp3) is 0.400. The molecule has 114 valence electrons. The number of sulfonamides is 1. The topological polar surface area (TPSA) is 74.8 Å². The molecule has 2 rings (SSSR count). The summed E-state index contributed by atoms with van der Waals surface area (Å²) in [6.07, 6.45) is 3.92. The van der Waals surface area contributed by atoms with Crippen LogP contribution in [0.2, 0.25) is 0 Å². The largest absolute Gasteiger partial charge is 0.349 e. The van der Waals surface area contributed by atoms with E-state index in [1.54, 1.807) is 12.4 Å². The molecule has 0 aliphatic heterocycles. The van der Waals surface area contributed by atoms with Gasteiger partial charge in [-0.3, -0.25) is 0 Å². The molecule has 0 aliphatic carbocycles. The van der Waals surface area contributed by atoms with E-state index in [4.69, 9.17) is 0 Å². The van der Waals surface area contributed by atoms with Gasteiger partial charge in [0.1, 0.15) is 5.82 Å². The Morgan fingerprint density at radius 3 is 2.29 bits per heavy atom. The van der Waals surface area contributed by atoms with Crippen LogP contribution in [0, 0.1) is 27.7 Å². The molecule has 5 nitrogen and oxygen atoms in total. The number of nitrogens with zero attached hydrogens (tertiary/aromatic N) is 1. The number of rotatable bonds is 5. The van der Waals surface area contributed by atoms with Crippen LogP contribution in [-0.2, 0) is 16.4 Å². The van der Waals surface area contributed by atoms with Crippen LogP contribution >= 0.6 is 0 Å². The van der Waals surface area contributed by atoms with Crippen molar-refractivity contribution in [3.05, 3.63) is 46.5 Å². The average Bonchev–Trinajstić information content (AvgIpc) is 2.89. The quantitative estimate of drug-likeness (QED) is 0.889. The normalized spacial score (nSPS) is 11.8. The van der Waals surface area contributed by atoms with Gasteiger partial charge >= 0.3 is 0 Å². The minimum absolute atomic E-state index is 0.321. The first-order valence-electron chi connectivity index (χ1n) is 6.88. The van der Waals surface area contributed by atoms with Crippen LogP contribution in [0.15, 0.2) is 23.4 Å². The van der Waals surface area contributed by atoms with Gasteiger partial charge < -0.3 is 4.98 Å². The van der Waals surface area contributed by atoms with Crippen molar-refractivity contribution in [1.82, 2.24) is 14.7 Å². The first-order chi connectivity index (χ1) is 9.83. The van der Waals surface area contributed by atoms with Crippen LogP contribution < -0.4 is 4.72 Å². The zero-order chi connectivity index (χ0) is 15.6. The van der Waals surface area contributed by atoms with Crippen molar-refractivity contribution in [2.24, 2.45) is 0 Å². The molecule has 0 saturated carbocycles. The summed E-state index contributed by atoms with van der Waals surface area (Å²) in [6.45, 7) is 7.89. The molecule has 0 bridgehead atoms. The SMILES string of the molecule is Cc1cc(C)c(C)c(S(=O)(=O)NCCc2ncc[nH]2)c1C. The predicted octanol–water partition coefficient (Wildman–Crippen LogP) is 2.16. The molecule has 0 unspecified atom stereocenters. The van der Waals surface area contributed by atoms with E-state index >= 15 is 0 Å². The number of aryl methyl sites for hydroxylation is 2. The van der Waals surface area contributed by atoms with Crippen molar-refractivity contribution < 1.29 is 8.42 Å². The van der Waals surface area contributed by atoms with Crippen molar-refractivity contribution in [3.8, 4) is 0 Å². The minimum atomic E-state index is -3.51. The van der Waals surface area contributed by atoms with E-state index < -0.39 is 10.0 Å². The molecule has 2 N–H and O–H groups in total. The Bertz CT molecular complexity index is 709. The molecule has 21 heavy (non-hydrogen) atoms. The molecule has 1 aromatic heterocycles. The zero-order valence-electron chi connectivity index (χ0n) is 12.8. The molecule has 0 fully saturated rings. The number of aromatic nitrogens is 2. The molecule has 2 aromatic rings. The Morgan fingerprint density at radius 1 is 1.14 bits per heavy atom. The average molecular weight is 307 g/mol. The molecule has 0 saturated heterocycles. The third kappa shape index (κ3) is 3.33. The second kappa shape index (κ2) is 5.99. The summed E-state index contributed by atoms with van der Waals surface area (Å²) in [5, 5.41) is 0. The summed E-state index contributed by atoms with van der Waals surface area (Å²) in [5.41, 5.74) is 3.60. The van der Waals surface area contributed by atoms with Gasteiger partial charge in [0.05, 0.1) is 4.90 Å². The lowest BCUT2D eigenvalue weighted by molar-refractivity contribution is 0.579. The van der Waals surface area contributed by atoms with Crippen LogP contribution in [0.4, 0.5) is 0 Å². The Hall–Kier alpha value is -1.66. The first kappa shape index (κ1) is 15.7. The summed E-state index contributed by atoms with van der Waals surface area (Å²) < 4.78 is 27.8. The zero-order valence-corrected chi connectivity index (χ0v) is 13.6. The van der Waals surface area contributed by atoms with Crippen LogP contribution in [0.5, 0.6) is 0 Å². The standard InChI is InChI=1S/C15H21N3O2S/c1-10-9-11(2)13(4)15(12(10)3)21(19,20)18-6-5-14-16-7-8-17-14/h7-9,18H,5-6H2,1-4H3,(H,16,17). The van der Waals surface area contributed by atoms with E-state index in [1.165, 1.54) is 0 Å². The highest BCUT2D eigenvalue weighted by Gasteiger charge is 2.21. The van der Waals surface area contributed by atoms with Gasteiger partial charge in [-0.25, -0.2) is 18.1 Å². The lowest BCUT2D eigenvalue weighted by Crippen LogP contribution is -2.28. The molecule has 0 amide bonds. The van der Waals surface area contributed by atoms with E-state index in [9.17, 15) is 8.42 Å². The maximum absolute atomic E-state index is 12.6. The fourth-order valence-electron chi connectivity index (χ4n) is 2.39. The molecule has 0 radical (unpaired) electrons. The molecule has 0 atom stereocenters. The van der Waals surface area contributed by atoms with Crippen LogP contribution in [0.25, 0.3) is 0 Å². The lowest BCUT2D eigenvalue weighted by Gasteiger charge is -2.16. The highest BCUT2D eigenvalue weighted by Crippen LogP contribution is 2.25. The van der Waals surface area contributed by atoms with E-state index in [2.05, 4.69) is 14.7 Å². The van der Waals surface area contributed by atoms with Gasteiger partial charge in [0, 0.05) is 25.4 Å². The Labute approximate surface area is 125 Å². The lowest BCUT2D eigenvalue weighted by atomic mass is 10.0. The minimum Gasteiger partial charge on any atom is -0.349 e. The monoisotopic (exact) mass is 307 g/mol. The van der Waals surface area contributed by atoms with Crippen molar-refractivity contribution >= 4 is 10.0 Å². The van der Waals surface area contributed by atoms with Crippen molar-refractivity contribution in [1.29, 1.82) is 0 Å². The van der Waals surface area contributed by atoms with E-state index in [0.717, 1.165) is 28.1 Å². The van der Waals surface area contributed by atoms with Gasteiger partial charge in [0.15, 0.2) is 0 Å². The summed E-state index contributed by atoms with van der Waals surface area (Å²) in [7, 11) is -3.51. The maximum Gasteiger partial charge on any atom is 0.241 e. The van der Waals surface area contributed by atoms with Crippen LogP contribution in [-0.4, -0.2) is 24.9 Å². The number of hydrogen-bond acceptors (Lipinski definition) is 3. The summed E-state index contributed by atoms with van der Waals surface area (Å²) in [4.78, 5) is 7.44. The molecular formula is C15H21N3O2S. The van der Waals surface area contributed by atoms with Crippen molar-refractivity contribution in [2.45, 2.75) is 39.0 Å². The van der Waals surface area contributed by atoms with Crippen LogP contribution in [0.1, 0.15) is 28.1 Å². The number of aromatic amines is 1. The van der Waals surface area contributed by atoms with E-state index in [0.29, 0.717) is 17.9 Å². The third-order valence-electron chi connectivity index (χ3n) is 3.77. The fourth-order valence-corrected chi connectivity index (χ4v) is 4.04. The van der Waals surface area contributed by atoms with Gasteiger partial charge in [-0.05, 0) is 49.9 Å². The Balaban J connectivity index is 2.23. The maximum atomic E-state index is 12.6. The van der Waals surface area contributed by atoms with Gasteiger partial charge in [-0.2, -0.15) is 0 Å². The first-order valence-corrected chi connectivity index (χ1v) is 8.36. The van der Waals surface area contributed by atoms with Gasteiger partial charge in [-0.1, -0.05) is 6.07 Å². The molecular weight excluding hydrogens is 286 g/mol. The Morgan fingerprint density at radius 2 is 1.76 bits per heavy atom. The summed E-state index contributed by atoms with van der Waals surface area (Å²) >= 11 is 0. The second-order valence-electron chi connectivity index (χ2n) is 5.27. The van der Waals surface area contributed by atoms with Crippen molar-refractivity contribution in [2.75, 3.05) is 6.54 Å². The second-order valence-corrected chi connectivity index (χ2v) is 6.98. The number of H-pyrrole nitrogens is 1. The molecule has 0 spiro atoms. The smallest absolute Gasteiger partial charge is 0.241 e. The number of imidazole rings is 1. The Kier molecular flexibility index (Phi) is 4.49. The van der Waals surface area contributed by atoms with Gasteiger partial charge in [0.25, 0.3) is 0 Å². The predicted molar refractivity (Wildman–Crippen MR) is 82.9 cm³/mol. The molecule has 0 aliphatic rings. The van der Waals surface area contributed by atoms with Crippen LogP contribution in [0.3, 0.4) is 0 Å². The third-order valence-corrected chi connectivity index (χ3v) is 5.51. The highest BCUT2D eigenvalue weighted by atomic mass is 32.2. The highest BCUT2D eigenvalue weighted by molar-refractivity contribution is 7.89. The number of benzene rings is 1. The molecule has 1 heterocycles. The number of hydrogen-bond donors (Lipinski definition) is 2. The van der Waals surface area contributed by atoms with E-state index in [-0.39, 0.29) is 0 Å². The summed E-state index contributed by atoms with van der Waals surface area (Å²) in [6, 6.07) is 2.02. The van der Waals surface area contributed by atoms with E-state index in [1.807, 2.05) is 33.8 Å². The molecule has 6 heteroatoms. The number of nitrogens with one attached hydrogen (secondary N) is 2.